The van der Waals surface area contributed by atoms with Crippen molar-refractivity contribution in [3.8, 4) is 0 Å². The van der Waals surface area contributed by atoms with Gasteiger partial charge in [-0.15, -0.1) is 0 Å². The fourth-order valence-corrected chi connectivity index (χ4v) is 2.41. The monoisotopic (exact) mass is 376 g/mol. The van der Waals surface area contributed by atoms with Crippen LogP contribution in [0.5, 0.6) is 0 Å². The van der Waals surface area contributed by atoms with Crippen molar-refractivity contribution in [2.24, 2.45) is 0 Å². The van der Waals surface area contributed by atoms with Crippen molar-refractivity contribution in [3.05, 3.63) is 0 Å². The van der Waals surface area contributed by atoms with Crippen molar-refractivity contribution in [2.45, 2.75) is 77.8 Å². The van der Waals surface area contributed by atoms with E-state index in [-0.39, 0.29) is 6.10 Å². The molecule has 6 atom stereocenters. The van der Waals surface area contributed by atoms with Crippen LogP contribution in [-0.2, 0) is 42.9 Å². The van der Waals surface area contributed by atoms with Crippen molar-refractivity contribution in [1.82, 2.24) is 0 Å². The number of esters is 3. The lowest BCUT2D eigenvalue weighted by Gasteiger charge is -2.43. The number of ether oxygens (including phenoxy) is 5. The van der Waals surface area contributed by atoms with E-state index in [2.05, 4.69) is 0 Å². The topological polar surface area (TPSA) is 135 Å². The third kappa shape index (κ3) is 5.95. The molecule has 0 radical (unpaired) electrons. The summed E-state index contributed by atoms with van der Waals surface area (Å²) in [6.07, 6.45) is -7.05. The predicted molar refractivity (Wildman–Crippen MR) is 83.8 cm³/mol. The highest BCUT2D eigenvalue weighted by molar-refractivity contribution is 5.75. The molecule has 1 fully saturated rings. The average Bonchev–Trinajstić information content (AvgIpc) is 2.50. The molecule has 1 N–H and O–H groups in total. The van der Waals surface area contributed by atoms with E-state index in [1.54, 1.807) is 6.92 Å². The second-order valence-electron chi connectivity index (χ2n) is 5.84. The Kier molecular flexibility index (Phi) is 7.97. The maximum atomic E-state index is 11.6. The Bertz CT molecular complexity index is 545. The van der Waals surface area contributed by atoms with Gasteiger partial charge in [-0.1, -0.05) is 6.92 Å². The zero-order chi connectivity index (χ0) is 20.0. The van der Waals surface area contributed by atoms with Gasteiger partial charge in [0.1, 0.15) is 0 Å². The zero-order valence-corrected chi connectivity index (χ0v) is 15.3. The zero-order valence-electron chi connectivity index (χ0n) is 15.3. The van der Waals surface area contributed by atoms with E-state index in [0.29, 0.717) is 6.42 Å². The minimum absolute atomic E-state index is 0.365. The molecule has 0 aromatic heterocycles. The van der Waals surface area contributed by atoms with Crippen LogP contribution in [0.15, 0.2) is 0 Å². The molecule has 10 heteroatoms. The summed E-state index contributed by atoms with van der Waals surface area (Å²) in [5.41, 5.74) is 0. The van der Waals surface area contributed by atoms with E-state index in [1.807, 2.05) is 6.92 Å². The normalized spacial score (nSPS) is 29.3. The lowest BCUT2D eigenvalue weighted by atomic mass is 9.97. The summed E-state index contributed by atoms with van der Waals surface area (Å²) < 4.78 is 26.3. The number of carbonyl (C=O) groups is 4. The SMILES string of the molecule is CC[C@H](C)OC1OC(C(=O)O)C(OC(C)=O)C(OC(C)=O)C1OC(C)=O. The van der Waals surface area contributed by atoms with E-state index in [9.17, 15) is 24.3 Å². The van der Waals surface area contributed by atoms with Gasteiger partial charge < -0.3 is 28.8 Å². The number of carboxylic acid groups (broad SMARTS) is 1. The summed E-state index contributed by atoms with van der Waals surface area (Å²) in [4.78, 5) is 46.0. The number of carboxylic acids is 1. The smallest absolute Gasteiger partial charge is 0.337 e. The van der Waals surface area contributed by atoms with Crippen LogP contribution in [0.2, 0.25) is 0 Å². The number of rotatable bonds is 7. The molecule has 26 heavy (non-hydrogen) atoms. The Hall–Kier alpha value is -2.20. The van der Waals surface area contributed by atoms with Gasteiger partial charge in [0, 0.05) is 20.8 Å². The quantitative estimate of drug-likeness (QED) is 0.491. The molecule has 0 aromatic carbocycles. The Labute approximate surface area is 150 Å². The van der Waals surface area contributed by atoms with Crippen LogP contribution in [0.1, 0.15) is 41.0 Å². The molecular formula is C16H24O10. The highest BCUT2D eigenvalue weighted by Gasteiger charge is 2.55. The van der Waals surface area contributed by atoms with E-state index in [0.717, 1.165) is 20.8 Å². The maximum Gasteiger partial charge on any atom is 0.337 e. The second-order valence-corrected chi connectivity index (χ2v) is 5.84. The third-order valence-electron chi connectivity index (χ3n) is 3.59. The molecule has 1 aliphatic rings. The number of hydrogen-bond acceptors (Lipinski definition) is 9. The molecule has 1 saturated heterocycles. The van der Waals surface area contributed by atoms with E-state index in [1.165, 1.54) is 0 Å². The first-order valence-electron chi connectivity index (χ1n) is 8.12. The Morgan fingerprint density at radius 2 is 1.38 bits per heavy atom. The summed E-state index contributed by atoms with van der Waals surface area (Å²) in [7, 11) is 0. The minimum atomic E-state index is -1.68. The Balaban J connectivity index is 3.31. The van der Waals surface area contributed by atoms with Gasteiger partial charge in [-0.25, -0.2) is 4.79 Å². The van der Waals surface area contributed by atoms with Gasteiger partial charge in [0.25, 0.3) is 0 Å². The highest BCUT2D eigenvalue weighted by atomic mass is 16.7. The van der Waals surface area contributed by atoms with Crippen LogP contribution >= 0.6 is 0 Å². The molecule has 10 nitrogen and oxygen atoms in total. The summed E-state index contributed by atoms with van der Waals surface area (Å²) in [5.74, 6) is -3.78. The van der Waals surface area contributed by atoms with E-state index in [4.69, 9.17) is 23.7 Å². The molecule has 0 spiro atoms. The molecule has 0 aliphatic carbocycles. The van der Waals surface area contributed by atoms with Gasteiger partial charge in [-0.2, -0.15) is 0 Å². The summed E-state index contributed by atoms with van der Waals surface area (Å²) in [6, 6.07) is 0. The molecule has 1 aliphatic heterocycles. The van der Waals surface area contributed by atoms with E-state index < -0.39 is 54.6 Å². The Morgan fingerprint density at radius 1 is 0.923 bits per heavy atom. The predicted octanol–water partition coefficient (Wildman–Crippen LogP) is 0.406. The molecule has 0 amide bonds. The molecule has 0 saturated carbocycles. The van der Waals surface area contributed by atoms with Crippen molar-refractivity contribution in [2.75, 3.05) is 0 Å². The summed E-state index contributed by atoms with van der Waals surface area (Å²) >= 11 is 0. The second kappa shape index (κ2) is 9.48. The summed E-state index contributed by atoms with van der Waals surface area (Å²) in [6.45, 7) is 6.81. The maximum absolute atomic E-state index is 11.6. The van der Waals surface area contributed by atoms with Gasteiger partial charge in [0.15, 0.2) is 30.7 Å². The van der Waals surface area contributed by atoms with Crippen molar-refractivity contribution >= 4 is 23.9 Å². The first kappa shape index (κ1) is 21.8. The fraction of sp³-hybridized carbons (Fsp3) is 0.750. The minimum Gasteiger partial charge on any atom is -0.479 e. The number of carbonyl (C=O) groups excluding carboxylic acids is 3. The summed E-state index contributed by atoms with van der Waals surface area (Å²) in [5, 5.41) is 9.43. The van der Waals surface area contributed by atoms with Gasteiger partial charge in [-0.3, -0.25) is 14.4 Å². The van der Waals surface area contributed by atoms with Gasteiger partial charge in [0.05, 0.1) is 6.10 Å². The van der Waals surface area contributed by atoms with Crippen LogP contribution in [0, 0.1) is 0 Å². The van der Waals surface area contributed by atoms with Crippen LogP contribution in [0.25, 0.3) is 0 Å². The van der Waals surface area contributed by atoms with Crippen LogP contribution in [0.3, 0.4) is 0 Å². The highest BCUT2D eigenvalue weighted by Crippen LogP contribution is 2.30. The first-order valence-corrected chi connectivity index (χ1v) is 8.12. The van der Waals surface area contributed by atoms with Crippen molar-refractivity contribution in [1.29, 1.82) is 0 Å². The fourth-order valence-electron chi connectivity index (χ4n) is 2.41. The van der Waals surface area contributed by atoms with Gasteiger partial charge in [-0.05, 0) is 13.3 Å². The molecule has 5 unspecified atom stereocenters. The average molecular weight is 376 g/mol. The molecule has 1 heterocycles. The first-order chi connectivity index (χ1) is 12.1. The lowest BCUT2D eigenvalue weighted by Crippen LogP contribution is -2.64. The van der Waals surface area contributed by atoms with Gasteiger partial charge in [0.2, 0.25) is 0 Å². The van der Waals surface area contributed by atoms with Gasteiger partial charge >= 0.3 is 23.9 Å². The molecule has 1 rings (SSSR count). The standard InChI is InChI=1S/C16H24O10/c1-6-7(2)22-16-14(25-10(5)19)12(24-9(4)18)11(23-8(3)17)13(26-16)15(20)21/h7,11-14,16H,6H2,1-5H3,(H,20,21)/t7-,11?,12?,13?,14?,16?/m0/s1. The van der Waals surface area contributed by atoms with E-state index >= 15 is 0 Å². The number of hydrogen-bond donors (Lipinski definition) is 1. The third-order valence-corrected chi connectivity index (χ3v) is 3.59. The molecule has 0 bridgehead atoms. The van der Waals surface area contributed by atoms with Crippen LogP contribution in [0.4, 0.5) is 0 Å². The van der Waals surface area contributed by atoms with Crippen LogP contribution in [-0.4, -0.2) is 65.8 Å². The number of aliphatic carboxylic acids is 1. The van der Waals surface area contributed by atoms with Crippen LogP contribution < -0.4 is 0 Å². The van der Waals surface area contributed by atoms with Crippen molar-refractivity contribution in [3.63, 3.8) is 0 Å². The molecule has 148 valence electrons. The molecule has 0 aromatic rings. The largest absolute Gasteiger partial charge is 0.479 e. The lowest BCUT2D eigenvalue weighted by molar-refractivity contribution is -0.308. The van der Waals surface area contributed by atoms with Crippen molar-refractivity contribution < 1.29 is 48.0 Å². The Morgan fingerprint density at radius 3 is 1.81 bits per heavy atom. The molecular weight excluding hydrogens is 352 g/mol.